The SMILES string of the molecule is Cc1nn(C)cc1NC(=O)c1ccc(N(C)C)c(N)c1. The predicted octanol–water partition coefficient (Wildman–Crippen LogP) is 1.63. The first-order valence-corrected chi connectivity index (χ1v) is 6.27. The van der Waals surface area contributed by atoms with Crippen molar-refractivity contribution < 1.29 is 4.79 Å². The minimum absolute atomic E-state index is 0.196. The molecule has 0 aliphatic heterocycles. The summed E-state index contributed by atoms with van der Waals surface area (Å²) in [7, 11) is 5.63. The second kappa shape index (κ2) is 5.24. The van der Waals surface area contributed by atoms with Crippen LogP contribution in [0.5, 0.6) is 0 Å². The fourth-order valence-corrected chi connectivity index (χ4v) is 2.02. The van der Waals surface area contributed by atoms with E-state index in [9.17, 15) is 4.79 Å². The maximum absolute atomic E-state index is 12.2. The second-order valence-electron chi connectivity index (χ2n) is 4.92. The lowest BCUT2D eigenvalue weighted by Crippen LogP contribution is -2.15. The van der Waals surface area contributed by atoms with E-state index in [1.54, 1.807) is 23.0 Å². The molecule has 1 heterocycles. The molecule has 1 aromatic carbocycles. The molecule has 6 heteroatoms. The average molecular weight is 273 g/mol. The first kappa shape index (κ1) is 13.9. The number of nitrogens with one attached hydrogen (secondary N) is 1. The Morgan fingerprint density at radius 2 is 2.10 bits per heavy atom. The largest absolute Gasteiger partial charge is 0.397 e. The van der Waals surface area contributed by atoms with Crippen LogP contribution in [0.15, 0.2) is 24.4 Å². The third-order valence-corrected chi connectivity index (χ3v) is 3.03. The van der Waals surface area contributed by atoms with E-state index in [0.717, 1.165) is 11.4 Å². The van der Waals surface area contributed by atoms with Crippen LogP contribution in [0.3, 0.4) is 0 Å². The molecule has 20 heavy (non-hydrogen) atoms. The van der Waals surface area contributed by atoms with Gasteiger partial charge in [0.2, 0.25) is 0 Å². The maximum Gasteiger partial charge on any atom is 0.255 e. The first-order valence-electron chi connectivity index (χ1n) is 6.27. The fraction of sp³-hybridized carbons (Fsp3) is 0.286. The molecule has 1 aromatic heterocycles. The van der Waals surface area contributed by atoms with Crippen LogP contribution in [0.1, 0.15) is 16.1 Å². The number of aryl methyl sites for hydroxylation is 2. The van der Waals surface area contributed by atoms with Crippen LogP contribution in [0.25, 0.3) is 0 Å². The second-order valence-corrected chi connectivity index (χ2v) is 4.92. The molecule has 0 fully saturated rings. The van der Waals surface area contributed by atoms with E-state index in [1.165, 1.54) is 0 Å². The number of anilines is 3. The van der Waals surface area contributed by atoms with E-state index < -0.39 is 0 Å². The van der Waals surface area contributed by atoms with E-state index in [0.29, 0.717) is 16.9 Å². The summed E-state index contributed by atoms with van der Waals surface area (Å²) in [6.07, 6.45) is 1.77. The van der Waals surface area contributed by atoms with E-state index in [1.807, 2.05) is 39.0 Å². The fourth-order valence-electron chi connectivity index (χ4n) is 2.02. The number of rotatable bonds is 3. The van der Waals surface area contributed by atoms with Gasteiger partial charge in [-0.2, -0.15) is 5.10 Å². The number of amides is 1. The zero-order valence-electron chi connectivity index (χ0n) is 12.1. The monoisotopic (exact) mass is 273 g/mol. The summed E-state index contributed by atoms with van der Waals surface area (Å²) in [5.74, 6) is -0.196. The van der Waals surface area contributed by atoms with Crippen LogP contribution >= 0.6 is 0 Å². The Morgan fingerprint density at radius 1 is 1.40 bits per heavy atom. The molecular weight excluding hydrogens is 254 g/mol. The van der Waals surface area contributed by atoms with Gasteiger partial charge in [0.05, 0.1) is 22.8 Å². The Labute approximate surface area is 118 Å². The van der Waals surface area contributed by atoms with Crippen molar-refractivity contribution in [2.45, 2.75) is 6.92 Å². The number of nitrogens with zero attached hydrogens (tertiary/aromatic N) is 3. The summed E-state index contributed by atoms with van der Waals surface area (Å²) in [6, 6.07) is 5.27. The molecule has 1 amide bonds. The highest BCUT2D eigenvalue weighted by atomic mass is 16.1. The van der Waals surface area contributed by atoms with Gasteiger partial charge in [-0.3, -0.25) is 9.48 Å². The highest BCUT2D eigenvalue weighted by Crippen LogP contribution is 2.23. The summed E-state index contributed by atoms with van der Waals surface area (Å²) in [5, 5.41) is 7.02. The number of nitrogens with two attached hydrogens (primary N) is 1. The summed E-state index contributed by atoms with van der Waals surface area (Å²) in [6.45, 7) is 1.85. The number of carbonyl (C=O) groups is 1. The molecule has 0 saturated carbocycles. The Bertz CT molecular complexity index is 645. The van der Waals surface area contributed by atoms with Gasteiger partial charge in [-0.25, -0.2) is 0 Å². The highest BCUT2D eigenvalue weighted by Gasteiger charge is 2.12. The zero-order chi connectivity index (χ0) is 14.9. The van der Waals surface area contributed by atoms with Crippen molar-refractivity contribution >= 4 is 23.0 Å². The molecule has 0 unspecified atom stereocenters. The Hall–Kier alpha value is -2.50. The molecular formula is C14H19N5O. The van der Waals surface area contributed by atoms with Crippen molar-refractivity contribution in [2.24, 2.45) is 7.05 Å². The van der Waals surface area contributed by atoms with Gasteiger partial charge in [-0.05, 0) is 25.1 Å². The van der Waals surface area contributed by atoms with Gasteiger partial charge in [0.25, 0.3) is 5.91 Å². The van der Waals surface area contributed by atoms with Crippen LogP contribution in [-0.2, 0) is 7.05 Å². The molecule has 3 N–H and O–H groups in total. The average Bonchev–Trinajstić information content (AvgIpc) is 2.67. The van der Waals surface area contributed by atoms with E-state index in [4.69, 9.17) is 5.73 Å². The summed E-state index contributed by atoms with van der Waals surface area (Å²) in [5.41, 5.74) is 9.41. The molecule has 0 atom stereocenters. The van der Waals surface area contributed by atoms with Crippen molar-refractivity contribution in [3.05, 3.63) is 35.7 Å². The number of aromatic nitrogens is 2. The minimum Gasteiger partial charge on any atom is -0.397 e. The predicted molar refractivity (Wildman–Crippen MR) is 81.1 cm³/mol. The Kier molecular flexibility index (Phi) is 3.65. The smallest absolute Gasteiger partial charge is 0.255 e. The lowest BCUT2D eigenvalue weighted by Gasteiger charge is -2.15. The number of nitrogen functional groups attached to an aromatic ring is 1. The van der Waals surface area contributed by atoms with Crippen molar-refractivity contribution in [3.8, 4) is 0 Å². The molecule has 2 aromatic rings. The van der Waals surface area contributed by atoms with Crippen molar-refractivity contribution in [1.29, 1.82) is 0 Å². The van der Waals surface area contributed by atoms with Crippen LogP contribution in [0.2, 0.25) is 0 Å². The quantitative estimate of drug-likeness (QED) is 0.833. The van der Waals surface area contributed by atoms with Gasteiger partial charge in [0.15, 0.2) is 0 Å². The minimum atomic E-state index is -0.196. The first-order chi connectivity index (χ1) is 9.38. The van der Waals surface area contributed by atoms with E-state index >= 15 is 0 Å². The summed E-state index contributed by atoms with van der Waals surface area (Å²) < 4.78 is 1.66. The maximum atomic E-state index is 12.2. The van der Waals surface area contributed by atoms with Gasteiger partial charge in [-0.15, -0.1) is 0 Å². The molecule has 0 aliphatic rings. The van der Waals surface area contributed by atoms with Crippen LogP contribution in [0.4, 0.5) is 17.1 Å². The third-order valence-electron chi connectivity index (χ3n) is 3.03. The Morgan fingerprint density at radius 3 is 2.60 bits per heavy atom. The van der Waals surface area contributed by atoms with Crippen LogP contribution in [0, 0.1) is 6.92 Å². The summed E-state index contributed by atoms with van der Waals surface area (Å²) >= 11 is 0. The molecule has 0 spiro atoms. The van der Waals surface area contributed by atoms with Crippen LogP contribution in [-0.4, -0.2) is 29.8 Å². The molecule has 106 valence electrons. The molecule has 0 radical (unpaired) electrons. The number of benzene rings is 1. The molecule has 6 nitrogen and oxygen atoms in total. The van der Waals surface area contributed by atoms with E-state index in [-0.39, 0.29) is 5.91 Å². The van der Waals surface area contributed by atoms with E-state index in [2.05, 4.69) is 10.4 Å². The Balaban J connectivity index is 2.22. The lowest BCUT2D eigenvalue weighted by molar-refractivity contribution is 0.102. The van der Waals surface area contributed by atoms with Gasteiger partial charge in [0.1, 0.15) is 0 Å². The van der Waals surface area contributed by atoms with Gasteiger partial charge in [0, 0.05) is 32.9 Å². The third kappa shape index (κ3) is 2.74. The lowest BCUT2D eigenvalue weighted by atomic mass is 10.1. The van der Waals surface area contributed by atoms with Gasteiger partial charge >= 0.3 is 0 Å². The van der Waals surface area contributed by atoms with Crippen LogP contribution < -0.4 is 16.0 Å². The summed E-state index contributed by atoms with van der Waals surface area (Å²) in [4.78, 5) is 14.1. The van der Waals surface area contributed by atoms with Crippen molar-refractivity contribution in [2.75, 3.05) is 30.0 Å². The van der Waals surface area contributed by atoms with Gasteiger partial charge < -0.3 is 16.0 Å². The zero-order valence-corrected chi connectivity index (χ0v) is 12.1. The topological polar surface area (TPSA) is 76.2 Å². The highest BCUT2D eigenvalue weighted by molar-refractivity contribution is 6.05. The standard InChI is InChI=1S/C14H19N5O/c1-9-12(8-19(4)17-9)16-14(20)10-5-6-13(18(2)3)11(15)7-10/h5-8H,15H2,1-4H3,(H,16,20). The van der Waals surface area contributed by atoms with Crippen molar-refractivity contribution in [1.82, 2.24) is 9.78 Å². The number of hydrogen-bond acceptors (Lipinski definition) is 4. The molecule has 0 bridgehead atoms. The van der Waals surface area contributed by atoms with Crippen molar-refractivity contribution in [3.63, 3.8) is 0 Å². The van der Waals surface area contributed by atoms with Gasteiger partial charge in [-0.1, -0.05) is 0 Å². The molecule has 0 saturated heterocycles. The normalized spacial score (nSPS) is 10.4. The number of carbonyl (C=O) groups excluding carboxylic acids is 1. The number of hydrogen-bond donors (Lipinski definition) is 2. The molecule has 0 aliphatic carbocycles. The molecule has 2 rings (SSSR count).